The average Bonchev–Trinajstić information content (AvgIpc) is 2.03. The number of carbonyl (C=O) groups is 1. The molecule has 0 aliphatic heterocycles. The van der Waals surface area contributed by atoms with E-state index in [-0.39, 0.29) is 11.0 Å². The molecule has 1 atom stereocenters. The zero-order valence-corrected chi connectivity index (χ0v) is 10.0. The number of ketones is 1. The van der Waals surface area contributed by atoms with Crippen molar-refractivity contribution in [1.82, 2.24) is 0 Å². The molecule has 0 aromatic carbocycles. The summed E-state index contributed by atoms with van der Waals surface area (Å²) in [6.07, 6.45) is 1.37. The summed E-state index contributed by atoms with van der Waals surface area (Å²) in [7, 11) is -2.48. The SMILES string of the molecule is COP(=O)(O)CC(C)=O.CSC(=N)N. The van der Waals surface area contributed by atoms with Crippen molar-refractivity contribution in [2.45, 2.75) is 6.92 Å². The summed E-state index contributed by atoms with van der Waals surface area (Å²) in [4.78, 5) is 18.8. The van der Waals surface area contributed by atoms with E-state index in [2.05, 4.69) is 4.52 Å². The summed E-state index contributed by atoms with van der Waals surface area (Å²) < 4.78 is 14.6. The second kappa shape index (κ2) is 7.99. The van der Waals surface area contributed by atoms with Crippen LogP contribution < -0.4 is 5.73 Å². The van der Waals surface area contributed by atoms with Gasteiger partial charge in [0.05, 0.1) is 0 Å². The van der Waals surface area contributed by atoms with E-state index in [1.54, 1.807) is 6.26 Å². The minimum atomic E-state index is -3.58. The normalized spacial score (nSPS) is 13.4. The van der Waals surface area contributed by atoms with Gasteiger partial charge in [0.25, 0.3) is 0 Å². The van der Waals surface area contributed by atoms with Gasteiger partial charge in [-0.15, -0.1) is 0 Å². The minimum Gasteiger partial charge on any atom is -0.379 e. The summed E-state index contributed by atoms with van der Waals surface area (Å²) in [5, 5.41) is 6.66. The highest BCUT2D eigenvalue weighted by Crippen LogP contribution is 2.39. The second-order valence-corrected chi connectivity index (χ2v) is 5.05. The lowest BCUT2D eigenvalue weighted by Gasteiger charge is -2.03. The molecule has 0 aliphatic carbocycles. The van der Waals surface area contributed by atoms with E-state index < -0.39 is 13.8 Å². The van der Waals surface area contributed by atoms with Gasteiger partial charge in [-0.25, -0.2) is 0 Å². The molecular formula is C6H15N2O4PS. The summed E-state index contributed by atoms with van der Waals surface area (Å²) in [5.41, 5.74) is 4.84. The van der Waals surface area contributed by atoms with Crippen LogP contribution in [0.25, 0.3) is 0 Å². The number of Topliss-reactive ketones (excluding diaryl/α,β-unsaturated/α-hetero) is 1. The smallest absolute Gasteiger partial charge is 0.335 e. The molecule has 8 heteroatoms. The van der Waals surface area contributed by atoms with Crippen LogP contribution in [0.2, 0.25) is 0 Å². The van der Waals surface area contributed by atoms with Crippen molar-refractivity contribution in [3.8, 4) is 0 Å². The van der Waals surface area contributed by atoms with Gasteiger partial charge in [0.2, 0.25) is 0 Å². The van der Waals surface area contributed by atoms with Crippen molar-refractivity contribution in [2.24, 2.45) is 5.73 Å². The number of nitrogens with one attached hydrogen (secondary N) is 1. The fraction of sp³-hybridized carbons (Fsp3) is 0.667. The lowest BCUT2D eigenvalue weighted by Crippen LogP contribution is -2.01. The predicted octanol–water partition coefficient (Wildman–Crippen LogP) is 0.650. The minimum absolute atomic E-state index is 0.171. The van der Waals surface area contributed by atoms with Gasteiger partial charge in [-0.3, -0.25) is 14.8 Å². The molecular weight excluding hydrogens is 227 g/mol. The molecule has 0 bridgehead atoms. The van der Waals surface area contributed by atoms with Crippen LogP contribution in [0, 0.1) is 5.41 Å². The number of carbonyl (C=O) groups excluding carboxylic acids is 1. The molecule has 0 aliphatic rings. The molecule has 0 aromatic heterocycles. The number of nitrogens with two attached hydrogens (primary N) is 1. The van der Waals surface area contributed by atoms with E-state index in [4.69, 9.17) is 16.0 Å². The Bertz CT molecular complexity index is 246. The molecule has 1 unspecified atom stereocenters. The van der Waals surface area contributed by atoms with Crippen LogP contribution >= 0.6 is 19.4 Å². The van der Waals surface area contributed by atoms with Crippen molar-refractivity contribution in [2.75, 3.05) is 19.5 Å². The van der Waals surface area contributed by atoms with Crippen LogP contribution in [0.3, 0.4) is 0 Å². The fourth-order valence-corrected chi connectivity index (χ4v) is 1.04. The van der Waals surface area contributed by atoms with Crippen LogP contribution in [0.5, 0.6) is 0 Å². The van der Waals surface area contributed by atoms with Gasteiger partial charge < -0.3 is 15.2 Å². The Kier molecular flexibility index (Phi) is 9.18. The Morgan fingerprint density at radius 1 is 1.71 bits per heavy atom. The first-order valence-corrected chi connectivity index (χ1v) is 6.49. The van der Waals surface area contributed by atoms with Gasteiger partial charge in [0.15, 0.2) is 5.17 Å². The summed E-state index contributed by atoms with van der Waals surface area (Å²) in [5.74, 6) is -0.345. The number of hydrogen-bond acceptors (Lipinski definition) is 5. The fourth-order valence-electron chi connectivity index (χ4n) is 0.346. The number of amidine groups is 1. The molecule has 0 amide bonds. The monoisotopic (exact) mass is 242 g/mol. The van der Waals surface area contributed by atoms with E-state index in [0.717, 1.165) is 7.11 Å². The largest absolute Gasteiger partial charge is 0.379 e. The molecule has 84 valence electrons. The number of hydrogen-bond donors (Lipinski definition) is 3. The molecule has 0 aromatic rings. The van der Waals surface area contributed by atoms with E-state index >= 15 is 0 Å². The first kappa shape index (κ1) is 16.1. The first-order chi connectivity index (χ1) is 6.25. The van der Waals surface area contributed by atoms with Crippen LogP contribution in [0.15, 0.2) is 0 Å². The highest BCUT2D eigenvalue weighted by Gasteiger charge is 2.18. The molecule has 0 radical (unpaired) electrons. The summed E-state index contributed by atoms with van der Waals surface area (Å²) in [6, 6.07) is 0. The molecule has 0 fully saturated rings. The van der Waals surface area contributed by atoms with Crippen molar-refractivity contribution in [3.05, 3.63) is 0 Å². The zero-order valence-electron chi connectivity index (χ0n) is 8.31. The Labute approximate surface area is 87.3 Å². The highest BCUT2D eigenvalue weighted by molar-refractivity contribution is 8.13. The maximum absolute atomic E-state index is 10.5. The molecule has 0 rings (SSSR count). The van der Waals surface area contributed by atoms with Crippen LogP contribution in [0.1, 0.15) is 6.92 Å². The Morgan fingerprint density at radius 2 is 2.07 bits per heavy atom. The molecule has 0 saturated carbocycles. The van der Waals surface area contributed by atoms with E-state index in [1.165, 1.54) is 18.7 Å². The quantitative estimate of drug-likeness (QED) is 0.380. The zero-order chi connectivity index (χ0) is 11.8. The van der Waals surface area contributed by atoms with Gasteiger partial charge >= 0.3 is 7.60 Å². The molecule has 0 spiro atoms. The number of rotatable bonds is 3. The lowest BCUT2D eigenvalue weighted by molar-refractivity contribution is -0.114. The van der Waals surface area contributed by atoms with Crippen LogP contribution in [-0.4, -0.2) is 35.4 Å². The number of thioether (sulfide) groups is 1. The maximum atomic E-state index is 10.5. The van der Waals surface area contributed by atoms with Gasteiger partial charge in [-0.2, -0.15) is 0 Å². The summed E-state index contributed by atoms with van der Waals surface area (Å²) in [6.45, 7) is 1.24. The van der Waals surface area contributed by atoms with Gasteiger partial charge in [0, 0.05) is 7.11 Å². The topological polar surface area (TPSA) is 113 Å². The third-order valence-electron chi connectivity index (χ3n) is 0.928. The Morgan fingerprint density at radius 3 is 2.14 bits per heavy atom. The average molecular weight is 242 g/mol. The predicted molar refractivity (Wildman–Crippen MR) is 57.8 cm³/mol. The molecule has 6 nitrogen and oxygen atoms in total. The molecule has 0 saturated heterocycles. The van der Waals surface area contributed by atoms with Crippen molar-refractivity contribution in [1.29, 1.82) is 5.41 Å². The van der Waals surface area contributed by atoms with Crippen molar-refractivity contribution < 1.29 is 18.8 Å². The summed E-state index contributed by atoms with van der Waals surface area (Å²) >= 11 is 1.24. The standard InChI is InChI=1S/C4H9O4P.C2H6N2S/c1-4(5)3-9(6,7)8-2;1-5-2(3)4/h3H2,1-2H3,(H,6,7);1H3,(H3,3,4). The third kappa shape index (κ3) is 14.2. The first-order valence-electron chi connectivity index (χ1n) is 3.50. The molecule has 0 heterocycles. The highest BCUT2D eigenvalue weighted by atomic mass is 32.2. The lowest BCUT2D eigenvalue weighted by atomic mass is 10.5. The Balaban J connectivity index is 0. The van der Waals surface area contributed by atoms with E-state index in [9.17, 15) is 9.36 Å². The second-order valence-electron chi connectivity index (χ2n) is 2.25. The van der Waals surface area contributed by atoms with Gasteiger partial charge in [0.1, 0.15) is 11.9 Å². The van der Waals surface area contributed by atoms with Gasteiger partial charge in [-0.05, 0) is 13.2 Å². The van der Waals surface area contributed by atoms with E-state index in [0.29, 0.717) is 0 Å². The molecule has 4 N–H and O–H groups in total. The van der Waals surface area contributed by atoms with E-state index in [1.807, 2.05) is 0 Å². The van der Waals surface area contributed by atoms with Crippen LogP contribution in [-0.2, 0) is 13.9 Å². The van der Waals surface area contributed by atoms with Gasteiger partial charge in [-0.1, -0.05) is 11.8 Å². The van der Waals surface area contributed by atoms with Crippen LogP contribution in [0.4, 0.5) is 0 Å². The maximum Gasteiger partial charge on any atom is 0.335 e. The van der Waals surface area contributed by atoms with Crippen molar-refractivity contribution >= 4 is 30.3 Å². The van der Waals surface area contributed by atoms with Crippen molar-refractivity contribution in [3.63, 3.8) is 0 Å². The Hall–Kier alpha value is -0.360. The third-order valence-corrected chi connectivity index (χ3v) is 2.78. The molecule has 14 heavy (non-hydrogen) atoms.